The van der Waals surface area contributed by atoms with E-state index in [4.69, 9.17) is 0 Å². The number of hydrogen-bond donors (Lipinski definition) is 2. The summed E-state index contributed by atoms with van der Waals surface area (Å²) in [5.74, 6) is 0. The summed E-state index contributed by atoms with van der Waals surface area (Å²) >= 11 is 0. The summed E-state index contributed by atoms with van der Waals surface area (Å²) in [5, 5.41) is 6.16. The standard InChI is InChI=1S/C8H13N3O2S/c1-8(3-4-8)6-10-14(12,13)7-2-5-9-11-7/h2,5,10H,3-4,6H2,1H3,(H,9,11). The second kappa shape index (κ2) is 3.06. The summed E-state index contributed by atoms with van der Waals surface area (Å²) in [7, 11) is -3.38. The van der Waals surface area contributed by atoms with Crippen LogP contribution in [0.2, 0.25) is 0 Å². The molecular formula is C8H13N3O2S. The van der Waals surface area contributed by atoms with E-state index in [9.17, 15) is 8.42 Å². The molecule has 0 amide bonds. The van der Waals surface area contributed by atoms with Gasteiger partial charge in [0.25, 0.3) is 10.0 Å². The van der Waals surface area contributed by atoms with Crippen molar-refractivity contribution in [3.63, 3.8) is 0 Å². The van der Waals surface area contributed by atoms with Gasteiger partial charge in [0.15, 0.2) is 5.03 Å². The van der Waals surface area contributed by atoms with Crippen LogP contribution in [0.4, 0.5) is 0 Å². The molecule has 0 atom stereocenters. The fraction of sp³-hybridized carbons (Fsp3) is 0.625. The molecule has 1 aromatic heterocycles. The maximum absolute atomic E-state index is 11.6. The van der Waals surface area contributed by atoms with E-state index in [2.05, 4.69) is 21.8 Å². The molecule has 2 N–H and O–H groups in total. The van der Waals surface area contributed by atoms with Gasteiger partial charge in [0.1, 0.15) is 0 Å². The van der Waals surface area contributed by atoms with Crippen LogP contribution < -0.4 is 4.72 Å². The third kappa shape index (κ3) is 1.96. The highest BCUT2D eigenvalue weighted by Crippen LogP contribution is 2.44. The lowest BCUT2D eigenvalue weighted by Crippen LogP contribution is -2.29. The van der Waals surface area contributed by atoms with Gasteiger partial charge in [-0.25, -0.2) is 13.1 Å². The van der Waals surface area contributed by atoms with Crippen molar-refractivity contribution in [3.8, 4) is 0 Å². The summed E-state index contributed by atoms with van der Waals surface area (Å²) in [6, 6.07) is 1.44. The first-order chi connectivity index (χ1) is 6.52. The van der Waals surface area contributed by atoms with Gasteiger partial charge in [0.2, 0.25) is 0 Å². The molecule has 5 nitrogen and oxygen atoms in total. The number of aromatic amines is 1. The molecule has 0 unspecified atom stereocenters. The number of nitrogens with zero attached hydrogens (tertiary/aromatic N) is 1. The smallest absolute Gasteiger partial charge is 0.257 e. The topological polar surface area (TPSA) is 74.8 Å². The third-order valence-corrected chi connectivity index (χ3v) is 3.89. The zero-order valence-electron chi connectivity index (χ0n) is 7.95. The Morgan fingerprint density at radius 2 is 2.36 bits per heavy atom. The van der Waals surface area contributed by atoms with E-state index in [1.165, 1.54) is 12.3 Å². The number of H-pyrrole nitrogens is 1. The monoisotopic (exact) mass is 215 g/mol. The molecule has 0 aromatic carbocycles. The average Bonchev–Trinajstić information content (AvgIpc) is 2.70. The Morgan fingerprint density at radius 3 is 2.86 bits per heavy atom. The Kier molecular flexibility index (Phi) is 2.11. The van der Waals surface area contributed by atoms with Crippen LogP contribution in [0.5, 0.6) is 0 Å². The molecule has 1 aliphatic rings. The van der Waals surface area contributed by atoms with Gasteiger partial charge < -0.3 is 0 Å². The number of nitrogens with one attached hydrogen (secondary N) is 2. The van der Waals surface area contributed by atoms with Crippen LogP contribution in [0.15, 0.2) is 17.3 Å². The van der Waals surface area contributed by atoms with Crippen molar-refractivity contribution in [2.75, 3.05) is 6.54 Å². The minimum Gasteiger partial charge on any atom is -0.266 e. The van der Waals surface area contributed by atoms with Crippen LogP contribution in [0, 0.1) is 5.41 Å². The molecular weight excluding hydrogens is 202 g/mol. The van der Waals surface area contributed by atoms with Crippen molar-refractivity contribution in [2.45, 2.75) is 24.8 Å². The van der Waals surface area contributed by atoms with Gasteiger partial charge in [-0.3, -0.25) is 5.10 Å². The van der Waals surface area contributed by atoms with Crippen molar-refractivity contribution in [1.29, 1.82) is 0 Å². The highest BCUT2D eigenvalue weighted by molar-refractivity contribution is 7.89. The van der Waals surface area contributed by atoms with Crippen LogP contribution in [-0.4, -0.2) is 25.2 Å². The molecule has 2 rings (SSSR count). The largest absolute Gasteiger partial charge is 0.266 e. The molecule has 0 spiro atoms. The molecule has 78 valence electrons. The van der Waals surface area contributed by atoms with Gasteiger partial charge >= 0.3 is 0 Å². The zero-order chi connectivity index (χ0) is 10.2. The van der Waals surface area contributed by atoms with E-state index < -0.39 is 10.0 Å². The third-order valence-electron chi connectivity index (χ3n) is 2.56. The second-order valence-electron chi connectivity index (χ2n) is 4.06. The summed E-state index contributed by atoms with van der Waals surface area (Å²) in [4.78, 5) is 0. The Bertz CT molecular complexity index is 406. The number of rotatable bonds is 4. The van der Waals surface area contributed by atoms with Crippen molar-refractivity contribution in [3.05, 3.63) is 12.3 Å². The maximum Gasteiger partial charge on any atom is 0.257 e. The van der Waals surface area contributed by atoms with Gasteiger partial charge in [-0.15, -0.1) is 0 Å². The van der Waals surface area contributed by atoms with Crippen molar-refractivity contribution in [2.24, 2.45) is 5.41 Å². The lowest BCUT2D eigenvalue weighted by Gasteiger charge is -2.08. The molecule has 0 bridgehead atoms. The van der Waals surface area contributed by atoms with Crippen LogP contribution in [0.1, 0.15) is 19.8 Å². The Labute approximate surface area is 83.0 Å². The first-order valence-corrected chi connectivity index (χ1v) is 5.99. The first kappa shape index (κ1) is 9.67. The minimum atomic E-state index is -3.38. The molecule has 0 saturated heterocycles. The van der Waals surface area contributed by atoms with Gasteiger partial charge in [0.05, 0.1) is 6.20 Å². The second-order valence-corrected chi connectivity index (χ2v) is 5.79. The van der Waals surface area contributed by atoms with Crippen LogP contribution in [-0.2, 0) is 10.0 Å². The normalized spacial score (nSPS) is 19.5. The van der Waals surface area contributed by atoms with Crippen LogP contribution in [0.3, 0.4) is 0 Å². The average molecular weight is 215 g/mol. The van der Waals surface area contributed by atoms with Crippen molar-refractivity contribution < 1.29 is 8.42 Å². The van der Waals surface area contributed by atoms with Gasteiger partial charge in [-0.2, -0.15) is 5.10 Å². The number of sulfonamides is 1. The van der Waals surface area contributed by atoms with Gasteiger partial charge in [0, 0.05) is 6.54 Å². The molecule has 1 heterocycles. The predicted molar refractivity (Wildman–Crippen MR) is 51.1 cm³/mol. The Morgan fingerprint density at radius 1 is 1.64 bits per heavy atom. The SMILES string of the molecule is CC1(CNS(=O)(=O)c2ccn[nH]2)CC1. The molecule has 1 aliphatic carbocycles. The number of hydrogen-bond acceptors (Lipinski definition) is 3. The summed E-state index contributed by atoms with van der Waals surface area (Å²) in [6.45, 7) is 2.58. The number of aromatic nitrogens is 2. The van der Waals surface area contributed by atoms with E-state index in [0.29, 0.717) is 6.54 Å². The molecule has 14 heavy (non-hydrogen) atoms. The Hall–Kier alpha value is -0.880. The molecule has 1 aromatic rings. The molecule has 1 saturated carbocycles. The summed E-state index contributed by atoms with van der Waals surface area (Å²) in [6.07, 6.45) is 3.62. The highest BCUT2D eigenvalue weighted by atomic mass is 32.2. The lowest BCUT2D eigenvalue weighted by molar-refractivity contribution is 0.528. The van der Waals surface area contributed by atoms with E-state index >= 15 is 0 Å². The Balaban J connectivity index is 2.03. The van der Waals surface area contributed by atoms with Gasteiger partial charge in [-0.05, 0) is 24.3 Å². The quantitative estimate of drug-likeness (QED) is 0.767. The maximum atomic E-state index is 11.6. The van der Waals surface area contributed by atoms with Gasteiger partial charge in [-0.1, -0.05) is 6.92 Å². The molecule has 1 fully saturated rings. The van der Waals surface area contributed by atoms with E-state index in [0.717, 1.165) is 12.8 Å². The molecule has 0 aliphatic heterocycles. The van der Waals surface area contributed by atoms with Crippen LogP contribution >= 0.6 is 0 Å². The minimum absolute atomic E-state index is 0.127. The summed E-state index contributed by atoms with van der Waals surface area (Å²) < 4.78 is 25.7. The van der Waals surface area contributed by atoms with E-state index in [1.807, 2.05) is 0 Å². The fourth-order valence-corrected chi connectivity index (χ4v) is 2.24. The zero-order valence-corrected chi connectivity index (χ0v) is 8.76. The van der Waals surface area contributed by atoms with Crippen LogP contribution in [0.25, 0.3) is 0 Å². The van der Waals surface area contributed by atoms with E-state index in [1.54, 1.807) is 0 Å². The van der Waals surface area contributed by atoms with Crippen molar-refractivity contribution >= 4 is 10.0 Å². The summed E-state index contributed by atoms with van der Waals surface area (Å²) in [5.41, 5.74) is 0.174. The predicted octanol–water partition coefficient (Wildman–Crippen LogP) is 0.488. The molecule has 0 radical (unpaired) electrons. The fourth-order valence-electron chi connectivity index (χ4n) is 1.13. The van der Waals surface area contributed by atoms with Crippen molar-refractivity contribution in [1.82, 2.24) is 14.9 Å². The van der Waals surface area contributed by atoms with E-state index in [-0.39, 0.29) is 10.4 Å². The molecule has 6 heteroatoms. The first-order valence-electron chi connectivity index (χ1n) is 4.51. The highest BCUT2D eigenvalue weighted by Gasteiger charge is 2.38. The lowest BCUT2D eigenvalue weighted by atomic mass is 10.2.